The number of hydrogen-bond donors (Lipinski definition) is 2. The number of anilines is 1. The highest BCUT2D eigenvalue weighted by Crippen LogP contribution is 2.37. The average Bonchev–Trinajstić information content (AvgIpc) is 3.29. The molecule has 4 rings (SSSR count). The predicted molar refractivity (Wildman–Crippen MR) is 140 cm³/mol. The summed E-state index contributed by atoms with van der Waals surface area (Å²) in [6.07, 6.45) is 5.63. The number of benzene rings is 1. The average molecular weight is 545 g/mol. The van der Waals surface area contributed by atoms with Crippen molar-refractivity contribution in [1.82, 2.24) is 24.7 Å². The third-order valence-electron chi connectivity index (χ3n) is 5.98. The van der Waals surface area contributed by atoms with Crippen molar-refractivity contribution in [2.75, 3.05) is 25.0 Å². The Morgan fingerprint density at radius 3 is 2.61 bits per heavy atom. The van der Waals surface area contributed by atoms with E-state index < -0.39 is 21.4 Å². The number of aromatic nitrogens is 5. The molecule has 0 amide bonds. The minimum atomic E-state index is -4.13. The van der Waals surface area contributed by atoms with Crippen LogP contribution < -0.4 is 9.46 Å². The first-order chi connectivity index (χ1) is 18.1. The van der Waals surface area contributed by atoms with Crippen LogP contribution in [0.25, 0.3) is 5.69 Å². The Kier molecular flexibility index (Phi) is 8.29. The van der Waals surface area contributed by atoms with Gasteiger partial charge < -0.3 is 19.3 Å². The summed E-state index contributed by atoms with van der Waals surface area (Å²) < 4.78 is 48.5. The zero-order valence-electron chi connectivity index (χ0n) is 21.9. The molecule has 0 aliphatic carbocycles. The first-order valence-corrected chi connectivity index (χ1v) is 13.7. The molecule has 0 saturated heterocycles. The number of aromatic hydroxyl groups is 1. The molecule has 1 aliphatic heterocycles. The van der Waals surface area contributed by atoms with E-state index in [4.69, 9.17) is 14.2 Å². The molecule has 38 heavy (non-hydrogen) atoms. The second-order valence-electron chi connectivity index (χ2n) is 9.16. The van der Waals surface area contributed by atoms with Crippen molar-refractivity contribution >= 4 is 16.0 Å². The molecule has 0 radical (unpaired) electrons. The van der Waals surface area contributed by atoms with E-state index in [2.05, 4.69) is 24.9 Å². The lowest BCUT2D eigenvalue weighted by Crippen LogP contribution is -2.34. The number of nitrogens with zero attached hydrogens (tertiary/aromatic N) is 5. The number of methoxy groups -OCH3 is 1. The van der Waals surface area contributed by atoms with Gasteiger partial charge in [0.2, 0.25) is 16.0 Å². The third kappa shape index (κ3) is 5.79. The third-order valence-corrected chi connectivity index (χ3v) is 7.67. The number of phenolic OH excluding ortho intramolecular Hbond substituents is 1. The van der Waals surface area contributed by atoms with Gasteiger partial charge in [-0.2, -0.15) is 0 Å². The number of sulfonamides is 1. The summed E-state index contributed by atoms with van der Waals surface area (Å²) in [4.78, 5) is 8.60. The van der Waals surface area contributed by atoms with Gasteiger partial charge in [-0.1, -0.05) is 18.2 Å². The maximum Gasteiger partial charge on any atom is 0.243 e. The van der Waals surface area contributed by atoms with Crippen LogP contribution in [0.15, 0.2) is 42.7 Å². The number of phenols is 1. The van der Waals surface area contributed by atoms with E-state index in [0.717, 1.165) is 0 Å². The molecule has 13 heteroatoms. The Hall–Kier alpha value is -3.55. The number of hydrogen-bond acceptors (Lipinski definition) is 10. The summed E-state index contributed by atoms with van der Waals surface area (Å²) in [5, 5.41) is 18.1. The Morgan fingerprint density at radius 1 is 1.18 bits per heavy atom. The molecule has 1 aliphatic rings. The van der Waals surface area contributed by atoms with Crippen LogP contribution in [-0.2, 0) is 19.5 Å². The molecule has 3 heterocycles. The Labute approximate surface area is 221 Å². The van der Waals surface area contributed by atoms with Gasteiger partial charge in [-0.05, 0) is 39.8 Å². The van der Waals surface area contributed by atoms with E-state index >= 15 is 0 Å². The second-order valence-corrected chi connectivity index (χ2v) is 11.2. The summed E-state index contributed by atoms with van der Waals surface area (Å²) in [6, 6.07) is 4.74. The van der Waals surface area contributed by atoms with Crippen molar-refractivity contribution in [3.63, 3.8) is 0 Å². The number of rotatable bonds is 10. The van der Waals surface area contributed by atoms with Crippen LogP contribution >= 0.6 is 0 Å². The number of para-hydroxylation sites is 1. The lowest BCUT2D eigenvalue weighted by molar-refractivity contribution is 0.00394. The van der Waals surface area contributed by atoms with E-state index in [1.165, 1.54) is 30.9 Å². The predicted octanol–water partition coefficient (Wildman–Crippen LogP) is 3.05. The molecule has 1 aromatic carbocycles. The highest BCUT2D eigenvalue weighted by Gasteiger charge is 2.36. The maximum absolute atomic E-state index is 13.7. The molecule has 3 aromatic rings. The van der Waals surface area contributed by atoms with Crippen LogP contribution in [0.3, 0.4) is 0 Å². The molecule has 0 spiro atoms. The van der Waals surface area contributed by atoms with Gasteiger partial charge in [0.1, 0.15) is 34.4 Å². The van der Waals surface area contributed by atoms with Crippen molar-refractivity contribution in [2.24, 2.45) is 0 Å². The largest absolute Gasteiger partial charge is 0.506 e. The molecule has 12 nitrogen and oxygen atoms in total. The van der Waals surface area contributed by atoms with Crippen molar-refractivity contribution in [3.05, 3.63) is 60.0 Å². The van der Waals surface area contributed by atoms with Gasteiger partial charge >= 0.3 is 0 Å². The Balaban J connectivity index is 1.78. The molecule has 0 unspecified atom stereocenters. The topological polar surface area (TPSA) is 151 Å². The molecule has 204 valence electrons. The highest BCUT2D eigenvalue weighted by atomic mass is 32.2. The zero-order chi connectivity index (χ0) is 27.4. The molecule has 2 aromatic heterocycles. The molecular formula is C25H32N6O6S. The maximum atomic E-state index is 13.7. The van der Waals surface area contributed by atoms with Gasteiger partial charge in [0.15, 0.2) is 0 Å². The van der Waals surface area contributed by atoms with Crippen molar-refractivity contribution in [1.29, 1.82) is 0 Å². The van der Waals surface area contributed by atoms with Gasteiger partial charge in [-0.3, -0.25) is 19.3 Å². The summed E-state index contributed by atoms with van der Waals surface area (Å²) in [6.45, 7) is 7.71. The van der Waals surface area contributed by atoms with Gasteiger partial charge in [0, 0.05) is 6.20 Å². The monoisotopic (exact) mass is 544 g/mol. The first-order valence-electron chi connectivity index (χ1n) is 12.1. The van der Waals surface area contributed by atoms with Crippen LogP contribution in [0.4, 0.5) is 5.95 Å². The fraction of sp³-hybridized carbons (Fsp3) is 0.440. The minimum absolute atomic E-state index is 0.121. The van der Waals surface area contributed by atoms with Crippen LogP contribution in [0.1, 0.15) is 50.0 Å². The molecule has 2 N–H and O–H groups in total. The standard InChI is InChI=1S/C25H32N6O6S/c1-15(2)37-23(19-13-26-16(3)12-27-19)17(4)38(33,34)30-25-29-28-24(18-8-7-11-36-14-18)31(25)22-20(32)9-6-10-21(22)35-5/h6-10,12-13,15,17-18,23,32H,11,14H2,1-5H3,(H,29,30)/t17-,18-,23+/m1/s1. The SMILES string of the molecule is COc1cccc(O)c1-n1c(NS(=O)(=O)[C@H](C)[C@H](OC(C)C)c2cnc(C)cn2)nnc1[C@@H]1C=CCOC1. The van der Waals surface area contributed by atoms with E-state index in [1.54, 1.807) is 25.3 Å². The lowest BCUT2D eigenvalue weighted by atomic mass is 10.1. The molecule has 0 saturated carbocycles. The number of aryl methyl sites for hydroxylation is 1. The van der Waals surface area contributed by atoms with E-state index in [0.29, 0.717) is 36.2 Å². The van der Waals surface area contributed by atoms with Crippen molar-refractivity contribution in [3.8, 4) is 17.2 Å². The van der Waals surface area contributed by atoms with Gasteiger partial charge in [-0.25, -0.2) is 8.42 Å². The van der Waals surface area contributed by atoms with Gasteiger partial charge in [-0.15, -0.1) is 10.2 Å². The summed E-state index contributed by atoms with van der Waals surface area (Å²) in [7, 11) is -2.68. The smallest absolute Gasteiger partial charge is 0.243 e. The zero-order valence-corrected chi connectivity index (χ0v) is 22.7. The van der Waals surface area contributed by atoms with Crippen LogP contribution in [-0.4, -0.2) is 69.9 Å². The number of ether oxygens (including phenoxy) is 3. The Morgan fingerprint density at radius 2 is 1.97 bits per heavy atom. The quantitative estimate of drug-likeness (QED) is 0.365. The van der Waals surface area contributed by atoms with E-state index in [-0.39, 0.29) is 29.4 Å². The number of nitrogens with one attached hydrogen (secondary N) is 1. The summed E-state index contributed by atoms with van der Waals surface area (Å²) >= 11 is 0. The molecular weight excluding hydrogens is 512 g/mol. The fourth-order valence-electron chi connectivity index (χ4n) is 4.07. The van der Waals surface area contributed by atoms with Crippen molar-refractivity contribution in [2.45, 2.75) is 51.1 Å². The van der Waals surface area contributed by atoms with Gasteiger partial charge in [0.25, 0.3) is 0 Å². The highest BCUT2D eigenvalue weighted by molar-refractivity contribution is 7.93. The van der Waals surface area contributed by atoms with Crippen LogP contribution in [0.2, 0.25) is 0 Å². The molecule has 0 bridgehead atoms. The van der Waals surface area contributed by atoms with Crippen LogP contribution in [0.5, 0.6) is 11.5 Å². The van der Waals surface area contributed by atoms with E-state index in [9.17, 15) is 13.5 Å². The van der Waals surface area contributed by atoms with Crippen molar-refractivity contribution < 1.29 is 27.7 Å². The molecule has 3 atom stereocenters. The summed E-state index contributed by atoms with van der Waals surface area (Å²) in [5.41, 5.74) is 1.28. The normalized spacial score (nSPS) is 17.4. The van der Waals surface area contributed by atoms with Crippen LogP contribution in [0, 0.1) is 6.92 Å². The van der Waals surface area contributed by atoms with E-state index in [1.807, 2.05) is 26.0 Å². The van der Waals surface area contributed by atoms with Gasteiger partial charge in [0.05, 0.1) is 49.9 Å². The lowest BCUT2D eigenvalue weighted by Gasteiger charge is -2.26. The molecule has 0 fully saturated rings. The second kappa shape index (κ2) is 11.5. The first kappa shape index (κ1) is 27.5. The Bertz CT molecular complexity index is 1390. The fourth-order valence-corrected chi connectivity index (χ4v) is 5.17. The minimum Gasteiger partial charge on any atom is -0.506 e. The summed E-state index contributed by atoms with van der Waals surface area (Å²) in [5.74, 6) is 0.0669.